The monoisotopic (exact) mass is 556 g/mol. The Labute approximate surface area is 182 Å². The lowest BCUT2D eigenvalue weighted by molar-refractivity contribution is -0.122. The molecule has 27 heavy (non-hydrogen) atoms. The van der Waals surface area contributed by atoms with Gasteiger partial charge >= 0.3 is 0 Å². The maximum absolute atomic E-state index is 14.2. The van der Waals surface area contributed by atoms with Gasteiger partial charge < -0.3 is 0 Å². The molecule has 0 bridgehead atoms. The second-order valence-electron chi connectivity index (χ2n) is 5.21. The standard InChI is InChI=1S/C16H11ClFIN2O3S3/c1-2-21-15(22)11(8-9-4-3-5-10(19)14(9)18)25-16(21)20-27(23,24)13-7-6-12(17)26-13/h3-8H,2H2,1H3/b11-8-,20-16+. The van der Waals surface area contributed by atoms with Gasteiger partial charge in [0, 0.05) is 15.7 Å². The topological polar surface area (TPSA) is 66.8 Å². The summed E-state index contributed by atoms with van der Waals surface area (Å²) in [4.78, 5) is 14.0. The molecule has 2 heterocycles. The lowest BCUT2D eigenvalue weighted by Crippen LogP contribution is -2.29. The molecule has 0 N–H and O–H groups in total. The maximum Gasteiger partial charge on any atom is 0.294 e. The van der Waals surface area contributed by atoms with Gasteiger partial charge in [-0.1, -0.05) is 23.7 Å². The first-order chi connectivity index (χ1) is 12.7. The van der Waals surface area contributed by atoms with Crippen molar-refractivity contribution >= 4 is 84.5 Å². The highest BCUT2D eigenvalue weighted by molar-refractivity contribution is 14.1. The lowest BCUT2D eigenvalue weighted by atomic mass is 10.2. The molecule has 1 saturated heterocycles. The average Bonchev–Trinajstić information content (AvgIpc) is 3.16. The Morgan fingerprint density at radius 2 is 2.07 bits per heavy atom. The van der Waals surface area contributed by atoms with Crippen molar-refractivity contribution in [1.82, 2.24) is 4.90 Å². The third-order valence-corrected chi connectivity index (χ3v) is 8.39. The molecule has 1 aliphatic heterocycles. The number of hydrogen-bond donors (Lipinski definition) is 0. The van der Waals surface area contributed by atoms with E-state index in [1.807, 2.05) is 22.6 Å². The van der Waals surface area contributed by atoms with E-state index in [1.54, 1.807) is 25.1 Å². The summed E-state index contributed by atoms with van der Waals surface area (Å²) < 4.78 is 43.7. The number of halogens is 3. The zero-order valence-electron chi connectivity index (χ0n) is 13.6. The van der Waals surface area contributed by atoms with E-state index < -0.39 is 21.7 Å². The smallest absolute Gasteiger partial charge is 0.286 e. The molecule has 5 nitrogen and oxygen atoms in total. The van der Waals surface area contributed by atoms with Gasteiger partial charge in [0.2, 0.25) is 0 Å². The predicted octanol–water partition coefficient (Wildman–Crippen LogP) is 4.83. The molecule has 11 heteroatoms. The number of hydrogen-bond acceptors (Lipinski definition) is 5. The summed E-state index contributed by atoms with van der Waals surface area (Å²) in [7, 11) is -4.00. The van der Waals surface area contributed by atoms with Crippen LogP contribution in [0.25, 0.3) is 6.08 Å². The first-order valence-electron chi connectivity index (χ1n) is 7.48. The van der Waals surface area contributed by atoms with E-state index >= 15 is 0 Å². The highest BCUT2D eigenvalue weighted by Crippen LogP contribution is 2.35. The number of benzene rings is 1. The summed E-state index contributed by atoms with van der Waals surface area (Å²) >= 11 is 9.45. The Kier molecular flexibility index (Phi) is 6.31. The molecule has 0 unspecified atom stereocenters. The first-order valence-corrected chi connectivity index (χ1v) is 12.0. The number of thioether (sulfide) groups is 1. The second-order valence-corrected chi connectivity index (χ2v) is 10.9. The van der Waals surface area contributed by atoms with E-state index in [-0.39, 0.29) is 26.4 Å². The van der Waals surface area contributed by atoms with Crippen LogP contribution in [0.5, 0.6) is 0 Å². The first kappa shape index (κ1) is 20.8. The molecule has 2 aromatic rings. The number of carbonyl (C=O) groups is 1. The Hall–Kier alpha value is -0.950. The number of rotatable bonds is 4. The van der Waals surface area contributed by atoms with Crippen LogP contribution in [0.15, 0.2) is 43.8 Å². The fourth-order valence-electron chi connectivity index (χ4n) is 2.21. The summed E-state index contributed by atoms with van der Waals surface area (Å²) in [6.45, 7) is 1.94. The van der Waals surface area contributed by atoms with Crippen LogP contribution in [0.1, 0.15) is 12.5 Å². The van der Waals surface area contributed by atoms with Crippen molar-refractivity contribution < 1.29 is 17.6 Å². The largest absolute Gasteiger partial charge is 0.294 e. The van der Waals surface area contributed by atoms with Gasteiger partial charge in [0.05, 0.1) is 9.24 Å². The van der Waals surface area contributed by atoms with Gasteiger partial charge in [0.15, 0.2) is 5.17 Å². The third kappa shape index (κ3) is 4.39. The average molecular weight is 557 g/mol. The minimum Gasteiger partial charge on any atom is -0.286 e. The van der Waals surface area contributed by atoms with Crippen molar-refractivity contribution in [3.8, 4) is 0 Å². The molecule has 1 aromatic carbocycles. The van der Waals surface area contributed by atoms with Crippen LogP contribution in [-0.2, 0) is 14.8 Å². The Morgan fingerprint density at radius 1 is 1.33 bits per heavy atom. The van der Waals surface area contributed by atoms with Crippen molar-refractivity contribution in [3.05, 3.63) is 54.5 Å². The minimum atomic E-state index is -4.00. The molecule has 0 radical (unpaired) electrons. The van der Waals surface area contributed by atoms with Gasteiger partial charge in [0.1, 0.15) is 10.0 Å². The fraction of sp³-hybridized carbons (Fsp3) is 0.125. The highest BCUT2D eigenvalue weighted by Gasteiger charge is 2.34. The van der Waals surface area contributed by atoms with Crippen LogP contribution in [0.4, 0.5) is 4.39 Å². The predicted molar refractivity (Wildman–Crippen MR) is 116 cm³/mol. The molecule has 1 aliphatic rings. The van der Waals surface area contributed by atoms with Gasteiger partial charge in [-0.25, -0.2) is 4.39 Å². The van der Waals surface area contributed by atoms with Crippen molar-refractivity contribution in [2.45, 2.75) is 11.1 Å². The number of amidine groups is 1. The number of amides is 1. The van der Waals surface area contributed by atoms with E-state index in [0.29, 0.717) is 7.91 Å². The summed E-state index contributed by atoms with van der Waals surface area (Å²) in [6, 6.07) is 7.68. The van der Waals surface area contributed by atoms with Gasteiger partial charge in [0.25, 0.3) is 15.9 Å². The SMILES string of the molecule is CCN1C(=O)/C(=C/c2cccc(I)c2F)S/C1=N/S(=O)(=O)c1ccc(Cl)s1. The molecule has 0 atom stereocenters. The third-order valence-electron chi connectivity index (χ3n) is 3.47. The summed E-state index contributed by atoms with van der Waals surface area (Å²) in [5, 5.41) is 0.0318. The van der Waals surface area contributed by atoms with Crippen LogP contribution >= 0.6 is 57.3 Å². The summed E-state index contributed by atoms with van der Waals surface area (Å²) in [6.07, 6.45) is 1.41. The number of nitrogens with zero attached hydrogens (tertiary/aromatic N) is 2. The molecular formula is C16H11ClFIN2O3S3. The van der Waals surface area contributed by atoms with Crippen LogP contribution in [0.2, 0.25) is 4.34 Å². The Balaban J connectivity index is 2.00. The molecule has 0 saturated carbocycles. The second kappa shape index (κ2) is 8.19. The van der Waals surface area contributed by atoms with E-state index in [2.05, 4.69) is 4.40 Å². The summed E-state index contributed by atoms with van der Waals surface area (Å²) in [5.41, 5.74) is 0.253. The van der Waals surface area contributed by atoms with Crippen LogP contribution in [-0.4, -0.2) is 30.9 Å². The van der Waals surface area contributed by atoms with E-state index in [9.17, 15) is 17.6 Å². The van der Waals surface area contributed by atoms with Crippen LogP contribution in [0, 0.1) is 9.39 Å². The fourth-order valence-corrected chi connectivity index (χ4v) is 6.43. The molecule has 1 aromatic heterocycles. The number of likely N-dealkylation sites (N-methyl/N-ethyl adjacent to an activating group) is 1. The van der Waals surface area contributed by atoms with Gasteiger partial charge in [-0.05, 0) is 65.6 Å². The van der Waals surface area contributed by atoms with Gasteiger partial charge in [-0.15, -0.1) is 15.7 Å². The van der Waals surface area contributed by atoms with Crippen molar-refractivity contribution in [1.29, 1.82) is 0 Å². The quantitative estimate of drug-likeness (QED) is 0.400. The number of sulfonamides is 1. The zero-order chi connectivity index (χ0) is 19.8. The minimum absolute atomic E-state index is 0.00908. The van der Waals surface area contributed by atoms with Crippen LogP contribution in [0.3, 0.4) is 0 Å². The highest BCUT2D eigenvalue weighted by atomic mass is 127. The number of carbonyl (C=O) groups excluding carboxylic acids is 1. The van der Waals surface area contributed by atoms with E-state index in [4.69, 9.17) is 11.6 Å². The molecule has 1 amide bonds. The Morgan fingerprint density at radius 3 is 2.70 bits per heavy atom. The zero-order valence-corrected chi connectivity index (χ0v) is 19.0. The van der Waals surface area contributed by atoms with Crippen LogP contribution < -0.4 is 0 Å². The number of thiophene rings is 1. The summed E-state index contributed by atoms with van der Waals surface area (Å²) in [5.74, 6) is -0.854. The molecule has 142 valence electrons. The van der Waals surface area contributed by atoms with Gasteiger partial charge in [-0.2, -0.15) is 8.42 Å². The lowest BCUT2D eigenvalue weighted by Gasteiger charge is -2.11. The van der Waals surface area contributed by atoms with E-state index in [1.165, 1.54) is 23.1 Å². The molecule has 3 rings (SSSR count). The van der Waals surface area contributed by atoms with Crippen molar-refractivity contribution in [2.24, 2.45) is 4.40 Å². The van der Waals surface area contributed by atoms with E-state index in [0.717, 1.165) is 23.1 Å². The Bertz CT molecular complexity index is 1080. The molecule has 0 spiro atoms. The molecule has 1 fully saturated rings. The maximum atomic E-state index is 14.2. The van der Waals surface area contributed by atoms with Crippen molar-refractivity contribution in [2.75, 3.05) is 6.54 Å². The normalized spacial score (nSPS) is 18.1. The van der Waals surface area contributed by atoms with Gasteiger partial charge in [-0.3, -0.25) is 9.69 Å². The molecular weight excluding hydrogens is 546 g/mol. The van der Waals surface area contributed by atoms with Crippen molar-refractivity contribution in [3.63, 3.8) is 0 Å². The molecule has 0 aliphatic carbocycles.